The number of thioether (sulfide) groups is 2. The van der Waals surface area contributed by atoms with Crippen LogP contribution in [0.25, 0.3) is 0 Å². The zero-order valence-electron chi connectivity index (χ0n) is 19.4. The average molecular weight is 487 g/mol. The summed E-state index contributed by atoms with van der Waals surface area (Å²) in [6, 6.07) is 26.2. The van der Waals surface area contributed by atoms with Crippen molar-refractivity contribution in [1.29, 1.82) is 0 Å². The van der Waals surface area contributed by atoms with Gasteiger partial charge in [0, 0.05) is 30.7 Å². The molecule has 0 aromatic heterocycles. The van der Waals surface area contributed by atoms with Crippen molar-refractivity contribution >= 4 is 57.3 Å². The third-order valence-electron chi connectivity index (χ3n) is 5.93. The minimum absolute atomic E-state index is 0.0446. The second-order valence-corrected chi connectivity index (χ2v) is 9.93. The van der Waals surface area contributed by atoms with Gasteiger partial charge < -0.3 is 9.80 Å². The van der Waals surface area contributed by atoms with Gasteiger partial charge in [0.2, 0.25) is 0 Å². The molecule has 5 rings (SSSR count). The Morgan fingerprint density at radius 1 is 0.853 bits per heavy atom. The molecule has 0 saturated carbocycles. The fraction of sp³-hybridized carbons (Fsp3) is 0.185. The molecule has 2 aliphatic rings. The summed E-state index contributed by atoms with van der Waals surface area (Å²) >= 11 is 3.08. The first-order valence-corrected chi connectivity index (χ1v) is 13.0. The maximum Gasteiger partial charge on any atom is 0.274 e. The lowest BCUT2D eigenvalue weighted by atomic mass is 10.2. The van der Waals surface area contributed by atoms with Crippen molar-refractivity contribution in [2.75, 3.05) is 34.8 Å². The fourth-order valence-corrected chi connectivity index (χ4v) is 6.47. The molecule has 34 heavy (non-hydrogen) atoms. The summed E-state index contributed by atoms with van der Waals surface area (Å²) < 4.78 is 0. The largest absolute Gasteiger partial charge is 0.372 e. The Bertz CT molecular complexity index is 1270. The maximum absolute atomic E-state index is 13.7. The number of hydrogen-bond acceptors (Lipinski definition) is 6. The highest BCUT2D eigenvalue weighted by Crippen LogP contribution is 2.50. The number of hydrogen-bond donors (Lipinski definition) is 0. The Hall–Kier alpha value is -3.16. The van der Waals surface area contributed by atoms with E-state index < -0.39 is 0 Å². The molecular formula is C27H26N4OS2. The molecule has 172 valence electrons. The number of benzene rings is 3. The predicted molar refractivity (Wildman–Crippen MR) is 146 cm³/mol. The fourth-order valence-electron chi connectivity index (χ4n) is 4.12. The van der Waals surface area contributed by atoms with E-state index in [4.69, 9.17) is 4.99 Å². The Labute approximate surface area is 209 Å². The van der Waals surface area contributed by atoms with Crippen LogP contribution in [0.5, 0.6) is 0 Å². The maximum atomic E-state index is 13.7. The summed E-state index contributed by atoms with van der Waals surface area (Å²) in [5, 5.41) is 1.61. The molecule has 0 aliphatic carbocycles. The van der Waals surface area contributed by atoms with E-state index >= 15 is 0 Å². The molecule has 1 amide bonds. The topological polar surface area (TPSA) is 39.1 Å². The quantitative estimate of drug-likeness (QED) is 0.375. The molecule has 2 aliphatic heterocycles. The van der Waals surface area contributed by atoms with Gasteiger partial charge >= 0.3 is 0 Å². The Morgan fingerprint density at radius 2 is 1.53 bits per heavy atom. The van der Waals surface area contributed by atoms with Gasteiger partial charge in [-0.15, -0.1) is 0 Å². The minimum Gasteiger partial charge on any atom is -0.372 e. The predicted octanol–water partition coefficient (Wildman–Crippen LogP) is 6.71. The molecule has 0 radical (unpaired) electrons. The van der Waals surface area contributed by atoms with E-state index in [0.29, 0.717) is 10.1 Å². The summed E-state index contributed by atoms with van der Waals surface area (Å²) in [4.78, 5) is 26.6. The van der Waals surface area contributed by atoms with Gasteiger partial charge in [0.1, 0.15) is 4.91 Å². The van der Waals surface area contributed by atoms with Gasteiger partial charge in [0.25, 0.3) is 5.91 Å². The number of carbonyl (C=O) groups is 1. The van der Waals surface area contributed by atoms with Crippen molar-refractivity contribution in [3.05, 3.63) is 88.8 Å². The van der Waals surface area contributed by atoms with Gasteiger partial charge in [-0.05, 0) is 74.1 Å². The lowest BCUT2D eigenvalue weighted by Crippen LogP contribution is -2.29. The number of rotatable bonds is 5. The van der Waals surface area contributed by atoms with Crippen LogP contribution in [0.4, 0.5) is 22.7 Å². The van der Waals surface area contributed by atoms with Crippen LogP contribution in [0.3, 0.4) is 0 Å². The molecule has 3 aromatic carbocycles. The van der Waals surface area contributed by atoms with Gasteiger partial charge in [-0.2, -0.15) is 0 Å². The van der Waals surface area contributed by atoms with Crippen LogP contribution >= 0.6 is 23.5 Å². The number of anilines is 3. The molecule has 7 heteroatoms. The van der Waals surface area contributed by atoms with Gasteiger partial charge in [-0.1, -0.05) is 42.1 Å². The molecule has 1 fully saturated rings. The first kappa shape index (κ1) is 22.6. The van der Waals surface area contributed by atoms with Gasteiger partial charge in [-0.25, -0.2) is 4.99 Å². The van der Waals surface area contributed by atoms with Crippen molar-refractivity contribution < 1.29 is 4.79 Å². The Balaban J connectivity index is 1.54. The van der Waals surface area contributed by atoms with Crippen LogP contribution in [0.2, 0.25) is 0 Å². The SMILES string of the molecule is CCN(CC)c1ccc(N=C2S/C(=C3\Sc4ccccc4N3C)C(=O)N2c2ccccc2)cc1. The molecule has 0 atom stereocenters. The van der Waals surface area contributed by atoms with Crippen LogP contribution in [-0.4, -0.2) is 31.2 Å². The Morgan fingerprint density at radius 3 is 2.21 bits per heavy atom. The van der Waals surface area contributed by atoms with Crippen LogP contribution < -0.4 is 14.7 Å². The van der Waals surface area contributed by atoms with E-state index in [-0.39, 0.29) is 5.91 Å². The normalized spacial score (nSPS) is 18.7. The van der Waals surface area contributed by atoms with Crippen LogP contribution in [0.1, 0.15) is 13.8 Å². The summed E-state index contributed by atoms with van der Waals surface area (Å²) in [6.45, 7) is 6.23. The van der Waals surface area contributed by atoms with Crippen molar-refractivity contribution in [3.8, 4) is 0 Å². The zero-order chi connectivity index (χ0) is 23.7. The number of carbonyl (C=O) groups excluding carboxylic acids is 1. The highest BCUT2D eigenvalue weighted by Gasteiger charge is 2.40. The average Bonchev–Trinajstić information content (AvgIpc) is 3.37. The lowest BCUT2D eigenvalue weighted by molar-refractivity contribution is -0.113. The molecule has 5 nitrogen and oxygen atoms in total. The van der Waals surface area contributed by atoms with Crippen LogP contribution in [0, 0.1) is 0 Å². The van der Waals surface area contributed by atoms with E-state index in [2.05, 4.69) is 47.9 Å². The lowest BCUT2D eigenvalue weighted by Gasteiger charge is -2.21. The van der Waals surface area contributed by atoms with Crippen LogP contribution in [0.15, 0.2) is 98.7 Å². The van der Waals surface area contributed by atoms with Gasteiger partial charge in [0.15, 0.2) is 5.17 Å². The summed E-state index contributed by atoms with van der Waals surface area (Å²) in [7, 11) is 2.02. The summed E-state index contributed by atoms with van der Waals surface area (Å²) in [5.74, 6) is -0.0446. The number of nitrogens with zero attached hydrogens (tertiary/aromatic N) is 4. The van der Waals surface area contributed by atoms with Gasteiger partial charge in [0.05, 0.1) is 22.1 Å². The van der Waals surface area contributed by atoms with Crippen molar-refractivity contribution in [3.63, 3.8) is 0 Å². The third kappa shape index (κ3) is 4.10. The first-order chi connectivity index (χ1) is 16.6. The summed E-state index contributed by atoms with van der Waals surface area (Å²) in [5.41, 5.74) is 3.94. The molecular weight excluding hydrogens is 460 g/mol. The molecule has 3 aromatic rings. The van der Waals surface area contributed by atoms with E-state index in [1.54, 1.807) is 16.7 Å². The molecule has 0 unspecified atom stereocenters. The number of amidine groups is 1. The second-order valence-electron chi connectivity index (χ2n) is 7.92. The van der Waals surface area contributed by atoms with Crippen LogP contribution in [-0.2, 0) is 4.79 Å². The smallest absolute Gasteiger partial charge is 0.274 e. The number of fused-ring (bicyclic) bond motifs is 1. The number of amides is 1. The monoisotopic (exact) mass is 486 g/mol. The highest BCUT2D eigenvalue weighted by molar-refractivity contribution is 8.20. The first-order valence-electron chi connectivity index (χ1n) is 11.4. The molecule has 1 saturated heterocycles. The van der Waals surface area contributed by atoms with E-state index in [9.17, 15) is 4.79 Å². The van der Waals surface area contributed by atoms with Crippen molar-refractivity contribution in [1.82, 2.24) is 0 Å². The van der Waals surface area contributed by atoms with E-state index in [1.165, 1.54) is 17.4 Å². The standard InChI is InChI=1S/C27H26N4OS2/c1-4-30(5-2)20-17-15-19(16-18-20)28-27-31(21-11-7-6-8-12-21)25(32)24(34-27)26-29(3)22-13-9-10-14-23(22)33-26/h6-18H,4-5H2,1-3H3/b26-24-,28-27?. The van der Waals surface area contributed by atoms with E-state index in [0.717, 1.165) is 40.1 Å². The third-order valence-corrected chi connectivity index (χ3v) is 8.33. The minimum atomic E-state index is -0.0446. The number of para-hydroxylation sites is 2. The Kier molecular flexibility index (Phi) is 6.39. The van der Waals surface area contributed by atoms with Crippen molar-refractivity contribution in [2.45, 2.75) is 18.7 Å². The summed E-state index contributed by atoms with van der Waals surface area (Å²) in [6.07, 6.45) is 0. The zero-order valence-corrected chi connectivity index (χ0v) is 21.1. The molecule has 0 spiro atoms. The molecule has 2 heterocycles. The van der Waals surface area contributed by atoms with Crippen molar-refractivity contribution in [2.24, 2.45) is 4.99 Å². The molecule has 0 N–H and O–H groups in total. The van der Waals surface area contributed by atoms with E-state index in [1.807, 2.05) is 61.6 Å². The second kappa shape index (κ2) is 9.60. The highest BCUT2D eigenvalue weighted by atomic mass is 32.2. The van der Waals surface area contributed by atoms with Gasteiger partial charge in [-0.3, -0.25) is 9.69 Å². The number of aliphatic imine (C=N–C) groups is 1. The molecule has 0 bridgehead atoms.